The highest BCUT2D eigenvalue weighted by Crippen LogP contribution is 2.40. The van der Waals surface area contributed by atoms with E-state index in [0.717, 1.165) is 12.8 Å². The first-order valence-electron chi connectivity index (χ1n) is 9.30. The number of anilines is 1. The van der Waals surface area contributed by atoms with Gasteiger partial charge in [-0.2, -0.15) is 0 Å². The van der Waals surface area contributed by atoms with Crippen LogP contribution in [0.25, 0.3) is 21.9 Å². The Morgan fingerprint density at radius 2 is 1.50 bits per heavy atom. The maximum Gasteiger partial charge on any atom is 0.0445 e. The number of rotatable bonds is 1. The quantitative estimate of drug-likeness (QED) is 0.565. The molecule has 0 amide bonds. The van der Waals surface area contributed by atoms with Gasteiger partial charge in [-0.1, -0.05) is 48.5 Å². The van der Waals surface area contributed by atoms with E-state index in [1.54, 1.807) is 5.56 Å². The Hall–Kier alpha value is -2.28. The molecule has 0 bridgehead atoms. The molecule has 0 radical (unpaired) electrons. The summed E-state index contributed by atoms with van der Waals surface area (Å²) in [7, 11) is 0. The molecule has 5 rings (SSSR count). The molecule has 1 aliphatic carbocycles. The van der Waals surface area contributed by atoms with Crippen molar-refractivity contribution < 1.29 is 0 Å². The molecular formula is C23H23N. The number of hydrogen-bond donors (Lipinski definition) is 0. The molecule has 1 fully saturated rings. The Kier molecular flexibility index (Phi) is 3.33. The molecule has 3 aromatic carbocycles. The molecule has 0 aromatic heterocycles. The first kappa shape index (κ1) is 14.1. The lowest BCUT2D eigenvalue weighted by molar-refractivity contribution is 0.579. The van der Waals surface area contributed by atoms with Gasteiger partial charge in [-0.15, -0.1) is 0 Å². The zero-order valence-electron chi connectivity index (χ0n) is 14.1. The first-order valence-corrected chi connectivity index (χ1v) is 9.30. The van der Waals surface area contributed by atoms with E-state index < -0.39 is 0 Å². The molecule has 1 nitrogen and oxygen atoms in total. The Balaban J connectivity index is 1.70. The second-order valence-corrected chi connectivity index (χ2v) is 7.17. The van der Waals surface area contributed by atoms with Crippen LogP contribution in [-0.2, 0) is 12.8 Å². The molecule has 1 aliphatic heterocycles. The zero-order valence-corrected chi connectivity index (χ0v) is 14.1. The van der Waals surface area contributed by atoms with Gasteiger partial charge in [0.2, 0.25) is 0 Å². The van der Waals surface area contributed by atoms with E-state index in [4.69, 9.17) is 0 Å². The molecule has 0 N–H and O–H groups in total. The van der Waals surface area contributed by atoms with E-state index in [1.165, 1.54) is 65.5 Å². The number of hydrogen-bond acceptors (Lipinski definition) is 1. The standard InChI is InChI=1S/C23H23N/c1-4-15-24(16-5-1)23-10-6-9-19-21-12-11-17-7-2-3-8-18(17)20(21)13-14-22(19)23/h2-3,6-10,13-14H,1,4-5,11-12,15-16H2. The van der Waals surface area contributed by atoms with Crippen molar-refractivity contribution in [2.24, 2.45) is 0 Å². The van der Waals surface area contributed by atoms with Crippen LogP contribution in [0.15, 0.2) is 54.6 Å². The molecule has 2 aliphatic rings. The summed E-state index contributed by atoms with van der Waals surface area (Å²) in [6.07, 6.45) is 6.36. The Morgan fingerprint density at radius 1 is 0.625 bits per heavy atom. The predicted molar refractivity (Wildman–Crippen MR) is 103 cm³/mol. The Labute approximate surface area is 143 Å². The molecule has 120 valence electrons. The first-order chi connectivity index (χ1) is 11.9. The maximum absolute atomic E-state index is 2.59. The van der Waals surface area contributed by atoms with Crippen molar-refractivity contribution >= 4 is 16.5 Å². The van der Waals surface area contributed by atoms with Gasteiger partial charge in [0.25, 0.3) is 0 Å². The molecule has 1 heterocycles. The van der Waals surface area contributed by atoms with Gasteiger partial charge in [0, 0.05) is 24.2 Å². The normalized spacial score (nSPS) is 16.8. The minimum Gasteiger partial charge on any atom is -0.371 e. The molecule has 0 spiro atoms. The zero-order chi connectivity index (χ0) is 15.9. The summed E-state index contributed by atoms with van der Waals surface area (Å²) in [5, 5.41) is 2.91. The summed E-state index contributed by atoms with van der Waals surface area (Å²) in [6.45, 7) is 2.41. The lowest BCUT2D eigenvalue weighted by atomic mass is 9.83. The number of aryl methyl sites for hydroxylation is 2. The summed E-state index contributed by atoms with van der Waals surface area (Å²) in [6, 6.07) is 20.5. The maximum atomic E-state index is 2.59. The largest absolute Gasteiger partial charge is 0.371 e. The third-order valence-corrected chi connectivity index (χ3v) is 5.80. The van der Waals surface area contributed by atoms with Crippen LogP contribution in [0, 0.1) is 0 Å². The summed E-state index contributed by atoms with van der Waals surface area (Å²) in [5.74, 6) is 0. The smallest absolute Gasteiger partial charge is 0.0445 e. The molecule has 0 saturated carbocycles. The van der Waals surface area contributed by atoms with E-state index in [2.05, 4.69) is 59.5 Å². The average Bonchev–Trinajstić information content (AvgIpc) is 2.67. The second-order valence-electron chi connectivity index (χ2n) is 7.17. The van der Waals surface area contributed by atoms with Gasteiger partial charge < -0.3 is 4.90 Å². The molecule has 24 heavy (non-hydrogen) atoms. The van der Waals surface area contributed by atoms with E-state index >= 15 is 0 Å². The van der Waals surface area contributed by atoms with Crippen LogP contribution in [-0.4, -0.2) is 13.1 Å². The van der Waals surface area contributed by atoms with Crippen LogP contribution in [0.2, 0.25) is 0 Å². The predicted octanol–water partition coefficient (Wildman–Crippen LogP) is 5.60. The minimum absolute atomic E-state index is 1.16. The monoisotopic (exact) mass is 313 g/mol. The summed E-state index contributed by atoms with van der Waals surface area (Å²) >= 11 is 0. The molecule has 3 aromatic rings. The lowest BCUT2D eigenvalue weighted by Crippen LogP contribution is -2.29. The second kappa shape index (κ2) is 5.66. The minimum atomic E-state index is 1.16. The van der Waals surface area contributed by atoms with Crippen molar-refractivity contribution in [1.29, 1.82) is 0 Å². The van der Waals surface area contributed by atoms with Gasteiger partial charge in [0.05, 0.1) is 0 Å². The average molecular weight is 313 g/mol. The summed E-state index contributed by atoms with van der Waals surface area (Å²) in [4.78, 5) is 2.59. The fourth-order valence-corrected chi connectivity index (χ4v) is 4.60. The van der Waals surface area contributed by atoms with Crippen LogP contribution in [0.3, 0.4) is 0 Å². The third-order valence-electron chi connectivity index (χ3n) is 5.80. The van der Waals surface area contributed by atoms with Gasteiger partial charge in [-0.3, -0.25) is 0 Å². The fraction of sp³-hybridized carbons (Fsp3) is 0.304. The van der Waals surface area contributed by atoms with Gasteiger partial charge in [0.15, 0.2) is 0 Å². The van der Waals surface area contributed by atoms with Gasteiger partial charge in [-0.05, 0) is 65.8 Å². The van der Waals surface area contributed by atoms with Crippen molar-refractivity contribution in [2.75, 3.05) is 18.0 Å². The van der Waals surface area contributed by atoms with Crippen molar-refractivity contribution in [3.8, 4) is 11.1 Å². The topological polar surface area (TPSA) is 3.24 Å². The number of fused-ring (bicyclic) bond motifs is 5. The number of piperidine rings is 1. The van der Waals surface area contributed by atoms with Crippen molar-refractivity contribution in [1.82, 2.24) is 0 Å². The van der Waals surface area contributed by atoms with E-state index in [-0.39, 0.29) is 0 Å². The van der Waals surface area contributed by atoms with Gasteiger partial charge >= 0.3 is 0 Å². The van der Waals surface area contributed by atoms with Crippen molar-refractivity contribution in [2.45, 2.75) is 32.1 Å². The SMILES string of the molecule is c1ccc2c(c1)CCc1c-2ccc2c(N3CCCCC3)cccc12. The molecule has 0 unspecified atom stereocenters. The van der Waals surface area contributed by atoms with Crippen LogP contribution in [0.5, 0.6) is 0 Å². The third kappa shape index (κ3) is 2.15. The van der Waals surface area contributed by atoms with E-state index in [1.807, 2.05) is 0 Å². The highest BCUT2D eigenvalue weighted by molar-refractivity contribution is 6.00. The van der Waals surface area contributed by atoms with Crippen LogP contribution >= 0.6 is 0 Å². The van der Waals surface area contributed by atoms with E-state index in [9.17, 15) is 0 Å². The highest BCUT2D eigenvalue weighted by Gasteiger charge is 2.20. The van der Waals surface area contributed by atoms with Gasteiger partial charge in [-0.25, -0.2) is 0 Å². The molecule has 1 saturated heterocycles. The van der Waals surface area contributed by atoms with Crippen LogP contribution in [0.1, 0.15) is 30.4 Å². The van der Waals surface area contributed by atoms with Crippen molar-refractivity contribution in [3.63, 3.8) is 0 Å². The molecule has 0 atom stereocenters. The Morgan fingerprint density at radius 3 is 2.42 bits per heavy atom. The number of nitrogens with zero attached hydrogens (tertiary/aromatic N) is 1. The highest BCUT2D eigenvalue weighted by atomic mass is 15.1. The van der Waals surface area contributed by atoms with Crippen LogP contribution < -0.4 is 4.90 Å². The number of benzene rings is 3. The van der Waals surface area contributed by atoms with Crippen molar-refractivity contribution in [3.05, 3.63) is 65.7 Å². The van der Waals surface area contributed by atoms with E-state index in [0.29, 0.717) is 0 Å². The van der Waals surface area contributed by atoms with Gasteiger partial charge in [0.1, 0.15) is 0 Å². The summed E-state index contributed by atoms with van der Waals surface area (Å²) in [5.41, 5.74) is 7.36. The molecule has 1 heteroatoms. The Bertz CT molecular complexity index is 903. The summed E-state index contributed by atoms with van der Waals surface area (Å²) < 4.78 is 0. The molecular weight excluding hydrogens is 290 g/mol. The lowest BCUT2D eigenvalue weighted by Gasteiger charge is -2.30. The fourth-order valence-electron chi connectivity index (χ4n) is 4.60. The van der Waals surface area contributed by atoms with Crippen LogP contribution in [0.4, 0.5) is 5.69 Å².